The van der Waals surface area contributed by atoms with Gasteiger partial charge in [-0.2, -0.15) is 0 Å². The predicted molar refractivity (Wildman–Crippen MR) is 74.5 cm³/mol. The van der Waals surface area contributed by atoms with E-state index in [4.69, 9.17) is 0 Å². The van der Waals surface area contributed by atoms with E-state index in [2.05, 4.69) is 5.32 Å². The third kappa shape index (κ3) is 3.00. The van der Waals surface area contributed by atoms with Crippen molar-refractivity contribution in [2.24, 2.45) is 0 Å². The van der Waals surface area contributed by atoms with Gasteiger partial charge in [0.15, 0.2) is 0 Å². The van der Waals surface area contributed by atoms with Gasteiger partial charge < -0.3 is 10.4 Å². The van der Waals surface area contributed by atoms with Crippen LogP contribution in [0.25, 0.3) is 6.08 Å². The summed E-state index contributed by atoms with van der Waals surface area (Å²) >= 11 is 1.62. The molecule has 1 heterocycles. The molecule has 0 radical (unpaired) electrons. The number of carbonyl (C=O) groups is 1. The first-order valence-electron chi connectivity index (χ1n) is 6.30. The van der Waals surface area contributed by atoms with Crippen molar-refractivity contribution in [3.63, 3.8) is 0 Å². The summed E-state index contributed by atoms with van der Waals surface area (Å²) in [6, 6.07) is 2.04. The van der Waals surface area contributed by atoms with E-state index in [1.165, 1.54) is 5.56 Å². The maximum Gasteiger partial charge on any atom is 0.244 e. The predicted octanol–water partition coefficient (Wildman–Crippen LogP) is 2.49. The molecule has 2 rings (SSSR count). The van der Waals surface area contributed by atoms with Crippen molar-refractivity contribution in [3.05, 3.63) is 28.0 Å². The van der Waals surface area contributed by atoms with Crippen LogP contribution in [0.4, 0.5) is 0 Å². The molecule has 2 N–H and O–H groups in total. The topological polar surface area (TPSA) is 49.3 Å². The molecule has 0 saturated heterocycles. The minimum Gasteiger partial charge on any atom is -0.394 e. The Morgan fingerprint density at radius 1 is 1.56 bits per heavy atom. The summed E-state index contributed by atoms with van der Waals surface area (Å²) in [4.78, 5) is 13.0. The highest BCUT2D eigenvalue weighted by Crippen LogP contribution is 2.29. The van der Waals surface area contributed by atoms with Crippen LogP contribution in [-0.2, 0) is 4.79 Å². The highest BCUT2D eigenvalue weighted by atomic mass is 32.1. The van der Waals surface area contributed by atoms with Gasteiger partial charge in [-0.25, -0.2) is 0 Å². The molecule has 0 aromatic carbocycles. The standard InChI is InChI=1S/C14H19NO2S/c1-11-6-9-18-12(11)4-5-13(17)15-14(10-16)7-2-3-8-14/h4-6,9,16H,2-3,7-8,10H2,1H3,(H,15,17)/b5-4+. The number of aliphatic hydroxyl groups excluding tert-OH is 1. The molecule has 0 aliphatic heterocycles. The lowest BCUT2D eigenvalue weighted by molar-refractivity contribution is -0.118. The Balaban J connectivity index is 1.96. The normalized spacial score (nSPS) is 18.3. The number of carbonyl (C=O) groups excluding carboxylic acids is 1. The summed E-state index contributed by atoms with van der Waals surface area (Å²) in [5.41, 5.74) is 0.799. The van der Waals surface area contributed by atoms with Crippen molar-refractivity contribution < 1.29 is 9.90 Å². The minimum atomic E-state index is -0.383. The van der Waals surface area contributed by atoms with Gasteiger partial charge in [-0.15, -0.1) is 11.3 Å². The molecule has 0 bridgehead atoms. The molecule has 0 spiro atoms. The maximum atomic E-state index is 11.9. The summed E-state index contributed by atoms with van der Waals surface area (Å²) < 4.78 is 0. The van der Waals surface area contributed by atoms with Crippen LogP contribution < -0.4 is 5.32 Å². The van der Waals surface area contributed by atoms with Gasteiger partial charge in [0.2, 0.25) is 5.91 Å². The molecule has 1 aliphatic carbocycles. The lowest BCUT2D eigenvalue weighted by Gasteiger charge is -2.27. The molecule has 4 heteroatoms. The highest BCUT2D eigenvalue weighted by molar-refractivity contribution is 7.11. The first-order valence-corrected chi connectivity index (χ1v) is 7.18. The molecular weight excluding hydrogens is 246 g/mol. The van der Waals surface area contributed by atoms with Crippen LogP contribution >= 0.6 is 11.3 Å². The quantitative estimate of drug-likeness (QED) is 0.822. The first kappa shape index (κ1) is 13.3. The smallest absolute Gasteiger partial charge is 0.244 e. The van der Waals surface area contributed by atoms with E-state index in [-0.39, 0.29) is 18.1 Å². The van der Waals surface area contributed by atoms with Crippen LogP contribution in [-0.4, -0.2) is 23.2 Å². The van der Waals surface area contributed by atoms with Gasteiger partial charge in [0.05, 0.1) is 12.1 Å². The van der Waals surface area contributed by atoms with Gasteiger partial charge in [-0.3, -0.25) is 4.79 Å². The fraction of sp³-hybridized carbons (Fsp3) is 0.500. The third-order valence-corrected chi connectivity index (χ3v) is 4.52. The molecule has 0 unspecified atom stereocenters. The van der Waals surface area contributed by atoms with E-state index >= 15 is 0 Å². The van der Waals surface area contributed by atoms with E-state index < -0.39 is 0 Å². The van der Waals surface area contributed by atoms with Crippen molar-refractivity contribution >= 4 is 23.3 Å². The van der Waals surface area contributed by atoms with E-state index in [1.807, 2.05) is 24.4 Å². The van der Waals surface area contributed by atoms with Gasteiger partial charge in [0, 0.05) is 11.0 Å². The molecule has 18 heavy (non-hydrogen) atoms. The Morgan fingerprint density at radius 3 is 2.83 bits per heavy atom. The van der Waals surface area contributed by atoms with Crippen molar-refractivity contribution in [1.82, 2.24) is 5.32 Å². The number of aryl methyl sites for hydroxylation is 1. The highest BCUT2D eigenvalue weighted by Gasteiger charge is 2.33. The second-order valence-electron chi connectivity index (χ2n) is 4.94. The van der Waals surface area contributed by atoms with Crippen molar-refractivity contribution in [1.29, 1.82) is 0 Å². The maximum absolute atomic E-state index is 11.9. The zero-order valence-electron chi connectivity index (χ0n) is 10.6. The number of amides is 1. The SMILES string of the molecule is Cc1ccsc1/C=C/C(=O)NC1(CO)CCCC1. The van der Waals surface area contributed by atoms with Gasteiger partial charge in [-0.1, -0.05) is 12.8 Å². The van der Waals surface area contributed by atoms with Crippen molar-refractivity contribution in [2.45, 2.75) is 38.1 Å². The van der Waals surface area contributed by atoms with Gasteiger partial charge in [0.1, 0.15) is 0 Å². The Morgan fingerprint density at radius 2 is 2.28 bits per heavy atom. The van der Waals surface area contributed by atoms with Crippen molar-refractivity contribution in [2.75, 3.05) is 6.61 Å². The van der Waals surface area contributed by atoms with Crippen LogP contribution in [0.15, 0.2) is 17.5 Å². The monoisotopic (exact) mass is 265 g/mol. The lowest BCUT2D eigenvalue weighted by atomic mass is 9.99. The van der Waals surface area contributed by atoms with Crippen molar-refractivity contribution in [3.8, 4) is 0 Å². The average Bonchev–Trinajstić information content (AvgIpc) is 2.97. The van der Waals surface area contributed by atoms with E-state index in [0.717, 1.165) is 30.6 Å². The second kappa shape index (κ2) is 5.67. The number of nitrogens with one attached hydrogen (secondary N) is 1. The second-order valence-corrected chi connectivity index (χ2v) is 5.88. The molecule has 1 fully saturated rings. The number of rotatable bonds is 4. The number of thiophene rings is 1. The van der Waals surface area contributed by atoms with E-state index in [1.54, 1.807) is 17.4 Å². The van der Waals surface area contributed by atoms with E-state index in [0.29, 0.717) is 0 Å². The zero-order chi connectivity index (χ0) is 13.0. The van der Waals surface area contributed by atoms with Crippen LogP contribution in [0.3, 0.4) is 0 Å². The summed E-state index contributed by atoms with van der Waals surface area (Å²) in [5.74, 6) is -0.112. The fourth-order valence-electron chi connectivity index (χ4n) is 2.38. The largest absolute Gasteiger partial charge is 0.394 e. The fourth-order valence-corrected chi connectivity index (χ4v) is 3.20. The zero-order valence-corrected chi connectivity index (χ0v) is 11.4. The Bertz CT molecular complexity index is 444. The van der Waals surface area contributed by atoms with Crippen LogP contribution in [0.5, 0.6) is 0 Å². The van der Waals surface area contributed by atoms with Crippen LogP contribution in [0.1, 0.15) is 36.1 Å². The number of aliphatic hydroxyl groups is 1. The average molecular weight is 265 g/mol. The third-order valence-electron chi connectivity index (χ3n) is 3.54. The molecular formula is C14H19NO2S. The molecule has 98 valence electrons. The number of hydrogen-bond acceptors (Lipinski definition) is 3. The Hall–Kier alpha value is -1.13. The van der Waals surface area contributed by atoms with E-state index in [9.17, 15) is 9.90 Å². The van der Waals surface area contributed by atoms with Gasteiger partial charge >= 0.3 is 0 Å². The van der Waals surface area contributed by atoms with Crippen LogP contribution in [0, 0.1) is 6.92 Å². The van der Waals surface area contributed by atoms with Crippen LogP contribution in [0.2, 0.25) is 0 Å². The number of hydrogen-bond donors (Lipinski definition) is 2. The molecule has 1 aliphatic rings. The molecule has 0 atom stereocenters. The summed E-state index contributed by atoms with van der Waals surface area (Å²) in [6.45, 7) is 2.06. The van der Waals surface area contributed by atoms with Gasteiger partial charge in [0.25, 0.3) is 0 Å². The lowest BCUT2D eigenvalue weighted by Crippen LogP contribution is -2.48. The summed E-state index contributed by atoms with van der Waals surface area (Å²) in [6.07, 6.45) is 7.31. The Kier molecular flexibility index (Phi) is 4.19. The molecule has 3 nitrogen and oxygen atoms in total. The molecule has 1 aromatic heterocycles. The molecule has 1 saturated carbocycles. The first-order chi connectivity index (χ1) is 8.65. The summed E-state index contributed by atoms with van der Waals surface area (Å²) in [7, 11) is 0. The molecule has 1 aromatic rings. The van der Waals surface area contributed by atoms with Gasteiger partial charge in [-0.05, 0) is 42.9 Å². The Labute approximate surface area is 112 Å². The summed E-state index contributed by atoms with van der Waals surface area (Å²) in [5, 5.41) is 14.4. The molecule has 1 amide bonds. The minimum absolute atomic E-state index is 0.0324.